The molecule has 1 aliphatic rings. The lowest BCUT2D eigenvalue weighted by Gasteiger charge is -2.21. The van der Waals surface area contributed by atoms with E-state index in [1.165, 1.54) is 5.56 Å². The summed E-state index contributed by atoms with van der Waals surface area (Å²) in [4.78, 5) is 17.2. The highest BCUT2D eigenvalue weighted by atomic mass is 35.5. The van der Waals surface area contributed by atoms with Gasteiger partial charge >= 0.3 is 0 Å². The maximum Gasteiger partial charge on any atom is 0.261 e. The molecule has 3 aromatic rings. The van der Waals surface area contributed by atoms with E-state index in [-0.39, 0.29) is 5.56 Å². The minimum absolute atomic E-state index is 0.0243. The number of nitrogens with zero attached hydrogens (tertiary/aromatic N) is 2. The van der Waals surface area contributed by atoms with Crippen molar-refractivity contribution in [2.24, 2.45) is 0 Å². The molecule has 0 unspecified atom stereocenters. The molecule has 2 heterocycles. The largest absolute Gasteiger partial charge is 0.292 e. The van der Waals surface area contributed by atoms with Crippen LogP contribution in [-0.4, -0.2) is 9.55 Å². The standard InChI is InChI=1S/C16H11ClN2O/c17-11-6-5-10-7-8-19-15(13(10)9-11)18-14-4-2-1-3-12(14)16(19)20/h1-6,9H,7-8H2. The normalized spacial score (nSPS) is 13.1. The van der Waals surface area contributed by atoms with Gasteiger partial charge in [0.25, 0.3) is 5.56 Å². The van der Waals surface area contributed by atoms with Crippen LogP contribution in [0.1, 0.15) is 5.56 Å². The van der Waals surface area contributed by atoms with Gasteiger partial charge in [0.1, 0.15) is 5.82 Å². The third-order valence-electron chi connectivity index (χ3n) is 3.78. The van der Waals surface area contributed by atoms with Crippen molar-refractivity contribution in [2.45, 2.75) is 13.0 Å². The van der Waals surface area contributed by atoms with Crippen molar-refractivity contribution in [3.63, 3.8) is 0 Å². The summed E-state index contributed by atoms with van der Waals surface area (Å²) >= 11 is 6.09. The molecule has 98 valence electrons. The lowest BCUT2D eigenvalue weighted by atomic mass is 10.00. The minimum Gasteiger partial charge on any atom is -0.292 e. The molecule has 0 fully saturated rings. The fourth-order valence-corrected chi connectivity index (χ4v) is 2.96. The summed E-state index contributed by atoms with van der Waals surface area (Å²) in [6, 6.07) is 13.3. The molecule has 4 rings (SSSR count). The van der Waals surface area contributed by atoms with E-state index in [1.807, 2.05) is 42.5 Å². The first-order valence-corrected chi connectivity index (χ1v) is 6.90. The molecule has 0 atom stereocenters. The van der Waals surface area contributed by atoms with E-state index >= 15 is 0 Å². The second kappa shape index (κ2) is 4.18. The molecule has 2 aromatic carbocycles. The monoisotopic (exact) mass is 282 g/mol. The average molecular weight is 283 g/mol. The maximum atomic E-state index is 12.6. The predicted molar refractivity (Wildman–Crippen MR) is 80.2 cm³/mol. The summed E-state index contributed by atoms with van der Waals surface area (Å²) in [5.74, 6) is 0.720. The summed E-state index contributed by atoms with van der Waals surface area (Å²) in [7, 11) is 0. The first kappa shape index (κ1) is 11.7. The van der Waals surface area contributed by atoms with Gasteiger partial charge in [-0.15, -0.1) is 0 Å². The molecule has 1 aliphatic heterocycles. The zero-order valence-corrected chi connectivity index (χ0v) is 11.4. The van der Waals surface area contributed by atoms with E-state index in [0.29, 0.717) is 17.0 Å². The van der Waals surface area contributed by atoms with Crippen molar-refractivity contribution >= 4 is 22.5 Å². The van der Waals surface area contributed by atoms with Crippen molar-refractivity contribution in [3.8, 4) is 11.4 Å². The molecule has 4 heteroatoms. The van der Waals surface area contributed by atoms with Crippen LogP contribution in [0.25, 0.3) is 22.3 Å². The van der Waals surface area contributed by atoms with Crippen LogP contribution in [-0.2, 0) is 13.0 Å². The quantitative estimate of drug-likeness (QED) is 0.634. The van der Waals surface area contributed by atoms with Crippen LogP contribution >= 0.6 is 11.6 Å². The van der Waals surface area contributed by atoms with Gasteiger partial charge in [-0.3, -0.25) is 9.36 Å². The molecule has 0 aliphatic carbocycles. The summed E-state index contributed by atoms with van der Waals surface area (Å²) in [5.41, 5.74) is 2.91. The second-order valence-corrected chi connectivity index (χ2v) is 5.40. The van der Waals surface area contributed by atoms with E-state index in [9.17, 15) is 4.79 Å². The highest BCUT2D eigenvalue weighted by Gasteiger charge is 2.20. The molecular weight excluding hydrogens is 272 g/mol. The van der Waals surface area contributed by atoms with E-state index < -0.39 is 0 Å². The molecule has 0 bridgehead atoms. The van der Waals surface area contributed by atoms with Crippen LogP contribution in [0.2, 0.25) is 5.02 Å². The molecular formula is C16H11ClN2O. The average Bonchev–Trinajstić information content (AvgIpc) is 2.47. The van der Waals surface area contributed by atoms with Crippen molar-refractivity contribution in [3.05, 3.63) is 63.4 Å². The lowest BCUT2D eigenvalue weighted by Crippen LogP contribution is -2.27. The van der Waals surface area contributed by atoms with Crippen molar-refractivity contribution < 1.29 is 0 Å². The van der Waals surface area contributed by atoms with Crippen LogP contribution in [0.5, 0.6) is 0 Å². The van der Waals surface area contributed by atoms with Crippen LogP contribution in [0, 0.1) is 0 Å². The van der Waals surface area contributed by atoms with Gasteiger partial charge in [0.05, 0.1) is 10.9 Å². The van der Waals surface area contributed by atoms with Gasteiger partial charge in [-0.1, -0.05) is 29.8 Å². The number of hydrogen-bond donors (Lipinski definition) is 0. The van der Waals surface area contributed by atoms with Gasteiger partial charge in [-0.05, 0) is 36.2 Å². The zero-order chi connectivity index (χ0) is 13.7. The van der Waals surface area contributed by atoms with Crippen LogP contribution in [0.15, 0.2) is 47.3 Å². The van der Waals surface area contributed by atoms with Gasteiger partial charge in [-0.25, -0.2) is 4.98 Å². The predicted octanol–water partition coefficient (Wildman–Crippen LogP) is 3.27. The molecule has 0 radical (unpaired) electrons. The number of aromatic nitrogens is 2. The topological polar surface area (TPSA) is 34.9 Å². The Morgan fingerprint density at radius 1 is 1.15 bits per heavy atom. The summed E-state index contributed by atoms with van der Waals surface area (Å²) < 4.78 is 1.75. The van der Waals surface area contributed by atoms with Crippen molar-refractivity contribution in [1.29, 1.82) is 0 Å². The van der Waals surface area contributed by atoms with E-state index in [4.69, 9.17) is 11.6 Å². The molecule has 0 N–H and O–H groups in total. The summed E-state index contributed by atoms with van der Waals surface area (Å²) in [5, 5.41) is 1.33. The molecule has 0 saturated carbocycles. The molecule has 0 amide bonds. The Balaban J connectivity index is 2.13. The molecule has 3 nitrogen and oxygen atoms in total. The smallest absolute Gasteiger partial charge is 0.261 e. The fourth-order valence-electron chi connectivity index (χ4n) is 2.79. The fraction of sp³-hybridized carbons (Fsp3) is 0.125. The van der Waals surface area contributed by atoms with Crippen LogP contribution in [0.4, 0.5) is 0 Å². The summed E-state index contributed by atoms with van der Waals surface area (Å²) in [6.07, 6.45) is 0.833. The van der Waals surface area contributed by atoms with E-state index in [1.54, 1.807) is 4.57 Å². The Kier molecular flexibility index (Phi) is 2.44. The number of hydrogen-bond acceptors (Lipinski definition) is 2. The maximum absolute atomic E-state index is 12.6. The number of benzene rings is 2. The van der Waals surface area contributed by atoms with Gasteiger partial charge in [0.2, 0.25) is 0 Å². The first-order chi connectivity index (χ1) is 9.74. The van der Waals surface area contributed by atoms with Crippen molar-refractivity contribution in [2.75, 3.05) is 0 Å². The Bertz CT molecular complexity index is 899. The number of fused-ring (bicyclic) bond motifs is 4. The first-order valence-electron chi connectivity index (χ1n) is 6.52. The number of rotatable bonds is 0. The van der Waals surface area contributed by atoms with Crippen molar-refractivity contribution in [1.82, 2.24) is 9.55 Å². The van der Waals surface area contributed by atoms with Gasteiger partial charge in [0.15, 0.2) is 0 Å². The Labute approximate surface area is 120 Å². The van der Waals surface area contributed by atoms with Crippen LogP contribution in [0.3, 0.4) is 0 Å². The Hall–Kier alpha value is -2.13. The minimum atomic E-state index is 0.0243. The highest BCUT2D eigenvalue weighted by molar-refractivity contribution is 6.30. The SMILES string of the molecule is O=c1c2ccccc2nc2n1CCc1ccc(Cl)cc1-2. The molecule has 20 heavy (non-hydrogen) atoms. The molecule has 0 saturated heterocycles. The van der Waals surface area contributed by atoms with E-state index in [2.05, 4.69) is 4.98 Å². The Morgan fingerprint density at radius 2 is 2.00 bits per heavy atom. The van der Waals surface area contributed by atoms with Gasteiger partial charge in [-0.2, -0.15) is 0 Å². The number of para-hydroxylation sites is 1. The molecule has 0 spiro atoms. The van der Waals surface area contributed by atoms with Crippen LogP contribution < -0.4 is 5.56 Å². The zero-order valence-electron chi connectivity index (χ0n) is 10.6. The van der Waals surface area contributed by atoms with Gasteiger partial charge < -0.3 is 0 Å². The van der Waals surface area contributed by atoms with E-state index in [0.717, 1.165) is 23.3 Å². The summed E-state index contributed by atoms with van der Waals surface area (Å²) in [6.45, 7) is 0.667. The number of aryl methyl sites for hydroxylation is 1. The third kappa shape index (κ3) is 1.60. The Morgan fingerprint density at radius 3 is 2.90 bits per heavy atom. The number of halogens is 1. The second-order valence-electron chi connectivity index (χ2n) is 4.96. The third-order valence-corrected chi connectivity index (χ3v) is 4.01. The highest BCUT2D eigenvalue weighted by Crippen LogP contribution is 2.30. The van der Waals surface area contributed by atoms with Gasteiger partial charge in [0, 0.05) is 17.1 Å². The lowest BCUT2D eigenvalue weighted by molar-refractivity contribution is 0.652. The molecule has 1 aromatic heterocycles.